The molecule has 1 N–H and O–H groups in total. The van der Waals surface area contributed by atoms with Crippen LogP contribution in [0.15, 0.2) is 18.2 Å². The van der Waals surface area contributed by atoms with E-state index in [0.717, 1.165) is 31.7 Å². The lowest BCUT2D eigenvalue weighted by molar-refractivity contribution is -0.274. The maximum atomic E-state index is 12.2. The van der Waals surface area contributed by atoms with E-state index in [1.165, 1.54) is 19.2 Å². The van der Waals surface area contributed by atoms with Crippen molar-refractivity contribution >= 4 is 0 Å². The van der Waals surface area contributed by atoms with Gasteiger partial charge in [-0.05, 0) is 13.0 Å². The van der Waals surface area contributed by atoms with E-state index in [1.54, 1.807) is 6.07 Å². The number of methoxy groups -OCH3 is 1. The van der Waals surface area contributed by atoms with Gasteiger partial charge >= 0.3 is 6.36 Å². The van der Waals surface area contributed by atoms with Crippen molar-refractivity contribution in [2.45, 2.75) is 19.3 Å². The lowest BCUT2D eigenvalue weighted by Gasteiger charge is -2.33. The second kappa shape index (κ2) is 6.53. The number of nitrogens with zero attached hydrogens (tertiary/aromatic N) is 1. The van der Waals surface area contributed by atoms with Gasteiger partial charge in [-0.15, -0.1) is 13.2 Å². The van der Waals surface area contributed by atoms with Crippen LogP contribution in [-0.4, -0.2) is 44.6 Å². The lowest BCUT2D eigenvalue weighted by atomic mass is 10.0. The minimum absolute atomic E-state index is 0.0713. The highest BCUT2D eigenvalue weighted by molar-refractivity contribution is 5.42. The number of piperazine rings is 1. The van der Waals surface area contributed by atoms with Crippen LogP contribution in [0.2, 0.25) is 0 Å². The topological polar surface area (TPSA) is 33.7 Å². The Morgan fingerprint density at radius 1 is 1.24 bits per heavy atom. The first kappa shape index (κ1) is 15.9. The Morgan fingerprint density at radius 3 is 2.48 bits per heavy atom. The number of hydrogen-bond donors (Lipinski definition) is 1. The normalized spacial score (nSPS) is 18.3. The van der Waals surface area contributed by atoms with Crippen molar-refractivity contribution in [2.24, 2.45) is 0 Å². The van der Waals surface area contributed by atoms with Crippen molar-refractivity contribution in [1.82, 2.24) is 10.2 Å². The Balaban J connectivity index is 2.19. The molecule has 0 bridgehead atoms. The van der Waals surface area contributed by atoms with Gasteiger partial charge in [-0.1, -0.05) is 6.07 Å². The molecule has 2 rings (SSSR count). The molecule has 118 valence electrons. The van der Waals surface area contributed by atoms with E-state index in [0.29, 0.717) is 5.75 Å². The maximum Gasteiger partial charge on any atom is 0.573 e. The van der Waals surface area contributed by atoms with Crippen LogP contribution < -0.4 is 14.8 Å². The van der Waals surface area contributed by atoms with Crippen molar-refractivity contribution in [3.63, 3.8) is 0 Å². The maximum absolute atomic E-state index is 12.2. The molecule has 1 aliphatic rings. The van der Waals surface area contributed by atoms with E-state index in [9.17, 15) is 13.2 Å². The number of benzene rings is 1. The van der Waals surface area contributed by atoms with Crippen molar-refractivity contribution in [1.29, 1.82) is 0 Å². The third kappa shape index (κ3) is 4.25. The van der Waals surface area contributed by atoms with Crippen molar-refractivity contribution < 1.29 is 22.6 Å². The van der Waals surface area contributed by atoms with Crippen LogP contribution in [0.4, 0.5) is 13.2 Å². The summed E-state index contributed by atoms with van der Waals surface area (Å²) in [6, 6.07) is 4.31. The average Bonchev–Trinajstić information content (AvgIpc) is 2.45. The first-order valence-electron chi connectivity index (χ1n) is 6.79. The molecule has 1 heterocycles. The van der Waals surface area contributed by atoms with Gasteiger partial charge in [0, 0.05) is 43.9 Å². The summed E-state index contributed by atoms with van der Waals surface area (Å²) in [6.07, 6.45) is -4.70. The summed E-state index contributed by atoms with van der Waals surface area (Å²) in [4.78, 5) is 2.26. The Hall–Kier alpha value is -1.47. The zero-order chi connectivity index (χ0) is 15.5. The smallest absolute Gasteiger partial charge is 0.496 e. The molecule has 0 spiro atoms. The molecule has 0 aromatic heterocycles. The number of alkyl halides is 3. The van der Waals surface area contributed by atoms with Gasteiger partial charge in [0.1, 0.15) is 11.5 Å². The van der Waals surface area contributed by atoms with E-state index < -0.39 is 6.36 Å². The summed E-state index contributed by atoms with van der Waals surface area (Å²) in [6.45, 7) is 5.62. The number of halogens is 3. The third-order valence-corrected chi connectivity index (χ3v) is 3.59. The SMILES string of the molecule is COc1cc(OC(F)(F)F)ccc1[C@@H](C)N1CCNCC1. The zero-order valence-corrected chi connectivity index (χ0v) is 12.0. The molecule has 1 aromatic rings. The second-order valence-corrected chi connectivity index (χ2v) is 4.91. The molecule has 21 heavy (non-hydrogen) atoms. The molecule has 0 aliphatic carbocycles. The van der Waals surface area contributed by atoms with Crippen LogP contribution in [0.3, 0.4) is 0 Å². The Kier molecular flexibility index (Phi) is 4.95. The molecule has 7 heteroatoms. The molecule has 0 radical (unpaired) electrons. The number of hydrogen-bond acceptors (Lipinski definition) is 4. The molecule has 1 fully saturated rings. The van der Waals surface area contributed by atoms with E-state index >= 15 is 0 Å². The molecular weight excluding hydrogens is 285 g/mol. The van der Waals surface area contributed by atoms with Crippen LogP contribution in [0.5, 0.6) is 11.5 Å². The van der Waals surface area contributed by atoms with Crippen LogP contribution in [0.25, 0.3) is 0 Å². The fourth-order valence-electron chi connectivity index (χ4n) is 2.50. The molecule has 0 saturated carbocycles. The minimum atomic E-state index is -4.70. The van der Waals surface area contributed by atoms with Gasteiger partial charge in [-0.3, -0.25) is 4.90 Å². The van der Waals surface area contributed by atoms with E-state index in [-0.39, 0.29) is 11.8 Å². The molecule has 1 atom stereocenters. The highest BCUT2D eigenvalue weighted by Crippen LogP contribution is 2.34. The number of rotatable bonds is 4. The predicted molar refractivity (Wildman–Crippen MR) is 72.5 cm³/mol. The zero-order valence-electron chi connectivity index (χ0n) is 12.0. The summed E-state index contributed by atoms with van der Waals surface area (Å²) in [5.41, 5.74) is 0.855. The fraction of sp³-hybridized carbons (Fsp3) is 0.571. The summed E-state index contributed by atoms with van der Waals surface area (Å²) in [5.74, 6) is 0.137. The van der Waals surface area contributed by atoms with Gasteiger partial charge in [0.2, 0.25) is 0 Å². The van der Waals surface area contributed by atoms with Crippen LogP contribution in [0, 0.1) is 0 Å². The summed E-state index contributed by atoms with van der Waals surface area (Å²) in [7, 11) is 1.45. The van der Waals surface area contributed by atoms with Crippen molar-refractivity contribution in [3.8, 4) is 11.5 Å². The third-order valence-electron chi connectivity index (χ3n) is 3.59. The largest absolute Gasteiger partial charge is 0.573 e. The Bertz CT molecular complexity index is 474. The highest BCUT2D eigenvalue weighted by Gasteiger charge is 2.31. The van der Waals surface area contributed by atoms with E-state index in [1.807, 2.05) is 6.92 Å². The molecule has 4 nitrogen and oxygen atoms in total. The molecule has 1 aliphatic heterocycles. The average molecular weight is 304 g/mol. The van der Waals surface area contributed by atoms with Crippen molar-refractivity contribution in [2.75, 3.05) is 33.3 Å². The van der Waals surface area contributed by atoms with Crippen LogP contribution in [0.1, 0.15) is 18.5 Å². The standard InChI is InChI=1S/C14H19F3N2O2/c1-10(19-7-5-18-6-8-19)12-4-3-11(9-13(12)20-2)21-14(15,16)17/h3-4,9-10,18H,5-8H2,1-2H3/t10-/m1/s1. The molecule has 0 unspecified atom stereocenters. The van der Waals surface area contributed by atoms with Crippen LogP contribution in [-0.2, 0) is 0 Å². The molecule has 1 aromatic carbocycles. The van der Waals surface area contributed by atoms with Gasteiger partial charge in [-0.2, -0.15) is 0 Å². The summed E-state index contributed by atoms with van der Waals surface area (Å²) < 4.78 is 45.9. The molecule has 0 amide bonds. The number of ether oxygens (including phenoxy) is 2. The predicted octanol–water partition coefficient (Wildman–Crippen LogP) is 2.56. The fourth-order valence-corrected chi connectivity index (χ4v) is 2.50. The van der Waals surface area contributed by atoms with Gasteiger partial charge in [0.05, 0.1) is 7.11 Å². The van der Waals surface area contributed by atoms with E-state index in [4.69, 9.17) is 4.74 Å². The molecular formula is C14H19F3N2O2. The Morgan fingerprint density at radius 2 is 1.90 bits per heavy atom. The monoisotopic (exact) mass is 304 g/mol. The second-order valence-electron chi connectivity index (χ2n) is 4.91. The minimum Gasteiger partial charge on any atom is -0.496 e. The quantitative estimate of drug-likeness (QED) is 0.927. The van der Waals surface area contributed by atoms with Crippen molar-refractivity contribution in [3.05, 3.63) is 23.8 Å². The van der Waals surface area contributed by atoms with Gasteiger partial charge < -0.3 is 14.8 Å². The lowest BCUT2D eigenvalue weighted by Crippen LogP contribution is -2.44. The van der Waals surface area contributed by atoms with Gasteiger partial charge in [-0.25, -0.2) is 0 Å². The Labute approximate surface area is 121 Å². The van der Waals surface area contributed by atoms with Gasteiger partial charge in [0.25, 0.3) is 0 Å². The highest BCUT2D eigenvalue weighted by atomic mass is 19.4. The van der Waals surface area contributed by atoms with Gasteiger partial charge in [0.15, 0.2) is 0 Å². The van der Waals surface area contributed by atoms with Crippen LogP contribution >= 0.6 is 0 Å². The first-order chi connectivity index (χ1) is 9.90. The van der Waals surface area contributed by atoms with E-state index in [2.05, 4.69) is 15.0 Å². The summed E-state index contributed by atoms with van der Waals surface area (Å²) in [5, 5.41) is 3.27. The first-order valence-corrected chi connectivity index (χ1v) is 6.79. The molecule has 1 saturated heterocycles. The summed E-state index contributed by atoms with van der Waals surface area (Å²) >= 11 is 0. The number of nitrogens with one attached hydrogen (secondary N) is 1.